The molecule has 0 aliphatic heterocycles. The molecule has 0 atom stereocenters. The van der Waals surface area contributed by atoms with Crippen LogP contribution in [0.4, 0.5) is 5.82 Å². The number of hydrogen-bond donors (Lipinski definition) is 1. The van der Waals surface area contributed by atoms with E-state index in [0.717, 1.165) is 18.6 Å². The third-order valence-corrected chi connectivity index (χ3v) is 5.30. The van der Waals surface area contributed by atoms with Crippen LogP contribution in [0.1, 0.15) is 69.8 Å². The molecule has 2 aliphatic rings. The zero-order valence-corrected chi connectivity index (χ0v) is 13.1. The first kappa shape index (κ1) is 14.8. The van der Waals surface area contributed by atoms with E-state index in [1.807, 2.05) is 12.3 Å². The van der Waals surface area contributed by atoms with Crippen LogP contribution in [0.15, 0.2) is 18.3 Å². The second-order valence-corrected chi connectivity index (χ2v) is 6.85. The van der Waals surface area contributed by atoms with E-state index in [1.165, 1.54) is 69.8 Å². The number of aromatic nitrogens is 1. The van der Waals surface area contributed by atoms with Gasteiger partial charge in [0.05, 0.1) is 0 Å². The fourth-order valence-electron chi connectivity index (χ4n) is 4.12. The van der Waals surface area contributed by atoms with Gasteiger partial charge >= 0.3 is 0 Å². The monoisotopic (exact) mass is 287 g/mol. The second kappa shape index (κ2) is 7.26. The van der Waals surface area contributed by atoms with E-state index in [-0.39, 0.29) is 0 Å². The van der Waals surface area contributed by atoms with Gasteiger partial charge in [-0.15, -0.1) is 0 Å². The zero-order chi connectivity index (χ0) is 14.5. The van der Waals surface area contributed by atoms with Crippen molar-refractivity contribution in [2.75, 3.05) is 5.73 Å². The van der Waals surface area contributed by atoms with Gasteiger partial charge in [-0.1, -0.05) is 44.6 Å². The van der Waals surface area contributed by atoms with Gasteiger partial charge in [0.25, 0.3) is 0 Å². The van der Waals surface area contributed by atoms with Gasteiger partial charge in [0, 0.05) is 24.8 Å². The summed E-state index contributed by atoms with van der Waals surface area (Å²) in [6.07, 6.45) is 16.0. The summed E-state index contributed by atoms with van der Waals surface area (Å²) in [5, 5.41) is 0. The molecule has 0 spiro atoms. The quantitative estimate of drug-likeness (QED) is 0.905. The van der Waals surface area contributed by atoms with E-state index in [0.29, 0.717) is 5.82 Å². The number of nitrogens with two attached hydrogens (primary N) is 1. The number of hydrogen-bond acceptors (Lipinski definition) is 3. The summed E-state index contributed by atoms with van der Waals surface area (Å²) in [7, 11) is 0. The molecule has 2 aliphatic carbocycles. The standard InChI is InChI=1S/C18H29N3/c19-18-12-11-15(13-20-18)14-21(16-7-3-1-4-8-16)17-9-5-2-6-10-17/h11-13,16-17H,1-10,14H2,(H2,19,20). The molecule has 21 heavy (non-hydrogen) atoms. The van der Waals surface area contributed by atoms with Crippen molar-refractivity contribution < 1.29 is 0 Å². The average molecular weight is 287 g/mol. The van der Waals surface area contributed by atoms with Gasteiger partial charge in [-0.25, -0.2) is 4.98 Å². The van der Waals surface area contributed by atoms with Gasteiger partial charge in [0.2, 0.25) is 0 Å². The van der Waals surface area contributed by atoms with E-state index in [2.05, 4.69) is 16.0 Å². The van der Waals surface area contributed by atoms with Gasteiger partial charge in [0.1, 0.15) is 5.82 Å². The van der Waals surface area contributed by atoms with E-state index >= 15 is 0 Å². The second-order valence-electron chi connectivity index (χ2n) is 6.85. The van der Waals surface area contributed by atoms with E-state index in [9.17, 15) is 0 Å². The Morgan fingerprint density at radius 2 is 1.48 bits per heavy atom. The molecule has 0 saturated heterocycles. The van der Waals surface area contributed by atoms with Crippen molar-refractivity contribution >= 4 is 5.82 Å². The molecule has 116 valence electrons. The SMILES string of the molecule is Nc1ccc(CN(C2CCCCC2)C2CCCCC2)cn1. The third-order valence-electron chi connectivity index (χ3n) is 5.30. The lowest BCUT2D eigenvalue weighted by atomic mass is 9.88. The van der Waals surface area contributed by atoms with Crippen LogP contribution in [-0.2, 0) is 6.54 Å². The summed E-state index contributed by atoms with van der Waals surface area (Å²) in [6, 6.07) is 5.68. The fourth-order valence-corrected chi connectivity index (χ4v) is 4.12. The Kier molecular flexibility index (Phi) is 5.13. The van der Waals surface area contributed by atoms with Gasteiger partial charge in [-0.2, -0.15) is 0 Å². The van der Waals surface area contributed by atoms with Crippen molar-refractivity contribution in [2.24, 2.45) is 0 Å². The van der Waals surface area contributed by atoms with Crippen molar-refractivity contribution in [1.82, 2.24) is 9.88 Å². The summed E-state index contributed by atoms with van der Waals surface area (Å²) in [6.45, 7) is 1.06. The molecule has 1 aromatic heterocycles. The van der Waals surface area contributed by atoms with Crippen molar-refractivity contribution in [1.29, 1.82) is 0 Å². The van der Waals surface area contributed by atoms with Crippen LogP contribution in [0.5, 0.6) is 0 Å². The fraction of sp³-hybridized carbons (Fsp3) is 0.722. The smallest absolute Gasteiger partial charge is 0.123 e. The highest BCUT2D eigenvalue weighted by atomic mass is 15.2. The number of pyridine rings is 1. The molecular weight excluding hydrogens is 258 g/mol. The molecule has 1 heterocycles. The minimum atomic E-state index is 0.626. The Labute approximate surface area is 128 Å². The molecule has 3 heteroatoms. The van der Waals surface area contributed by atoms with Crippen LogP contribution >= 0.6 is 0 Å². The summed E-state index contributed by atoms with van der Waals surface area (Å²) in [4.78, 5) is 7.08. The molecular formula is C18H29N3. The van der Waals surface area contributed by atoms with E-state index in [1.54, 1.807) is 0 Å². The minimum Gasteiger partial charge on any atom is -0.384 e. The summed E-state index contributed by atoms with van der Waals surface area (Å²) >= 11 is 0. The molecule has 0 amide bonds. The topological polar surface area (TPSA) is 42.1 Å². The maximum Gasteiger partial charge on any atom is 0.123 e. The Morgan fingerprint density at radius 1 is 0.905 bits per heavy atom. The van der Waals surface area contributed by atoms with Crippen LogP contribution in [0, 0.1) is 0 Å². The molecule has 0 unspecified atom stereocenters. The molecule has 2 saturated carbocycles. The zero-order valence-electron chi connectivity index (χ0n) is 13.1. The highest BCUT2D eigenvalue weighted by molar-refractivity contribution is 5.29. The van der Waals surface area contributed by atoms with Crippen LogP contribution in [0.2, 0.25) is 0 Å². The molecule has 0 bridgehead atoms. The molecule has 2 N–H and O–H groups in total. The van der Waals surface area contributed by atoms with E-state index in [4.69, 9.17) is 5.73 Å². The summed E-state index contributed by atoms with van der Waals surface area (Å²) in [5.74, 6) is 0.626. The number of rotatable bonds is 4. The number of nitrogens with zero attached hydrogens (tertiary/aromatic N) is 2. The first-order valence-electron chi connectivity index (χ1n) is 8.79. The van der Waals surface area contributed by atoms with E-state index < -0.39 is 0 Å². The molecule has 1 aromatic rings. The predicted molar refractivity (Wildman–Crippen MR) is 87.9 cm³/mol. The Morgan fingerprint density at radius 3 is 1.95 bits per heavy atom. The Hall–Kier alpha value is -1.09. The van der Waals surface area contributed by atoms with Crippen molar-refractivity contribution in [3.05, 3.63) is 23.9 Å². The maximum atomic E-state index is 5.72. The van der Waals surface area contributed by atoms with Crippen LogP contribution in [0.3, 0.4) is 0 Å². The van der Waals surface area contributed by atoms with Crippen molar-refractivity contribution in [3.8, 4) is 0 Å². The third kappa shape index (κ3) is 3.97. The van der Waals surface area contributed by atoms with Crippen molar-refractivity contribution in [3.63, 3.8) is 0 Å². The number of anilines is 1. The lowest BCUT2D eigenvalue weighted by Gasteiger charge is -2.41. The lowest BCUT2D eigenvalue weighted by molar-refractivity contribution is 0.0730. The largest absolute Gasteiger partial charge is 0.384 e. The average Bonchev–Trinajstić information content (AvgIpc) is 2.56. The Bertz CT molecular complexity index is 399. The molecule has 0 radical (unpaired) electrons. The number of nitrogen functional groups attached to an aromatic ring is 1. The Balaban J connectivity index is 1.72. The van der Waals surface area contributed by atoms with Crippen LogP contribution in [-0.4, -0.2) is 22.0 Å². The maximum absolute atomic E-state index is 5.72. The minimum absolute atomic E-state index is 0.626. The highest BCUT2D eigenvalue weighted by Gasteiger charge is 2.28. The van der Waals surface area contributed by atoms with Gasteiger partial charge < -0.3 is 5.73 Å². The lowest BCUT2D eigenvalue weighted by Crippen LogP contribution is -2.44. The van der Waals surface area contributed by atoms with Crippen molar-refractivity contribution in [2.45, 2.75) is 82.8 Å². The molecule has 0 aromatic carbocycles. The predicted octanol–water partition coefficient (Wildman–Crippen LogP) is 4.13. The van der Waals surface area contributed by atoms with Crippen LogP contribution in [0.25, 0.3) is 0 Å². The van der Waals surface area contributed by atoms with Crippen LogP contribution < -0.4 is 5.73 Å². The van der Waals surface area contributed by atoms with Gasteiger partial charge in [-0.3, -0.25) is 4.90 Å². The molecule has 3 nitrogen and oxygen atoms in total. The van der Waals surface area contributed by atoms with Gasteiger partial charge in [-0.05, 0) is 37.3 Å². The highest BCUT2D eigenvalue weighted by Crippen LogP contribution is 2.31. The summed E-state index contributed by atoms with van der Waals surface area (Å²) in [5.41, 5.74) is 7.04. The molecule has 3 rings (SSSR count). The first-order valence-corrected chi connectivity index (χ1v) is 8.79. The molecule has 2 fully saturated rings. The summed E-state index contributed by atoms with van der Waals surface area (Å²) < 4.78 is 0. The first-order chi connectivity index (χ1) is 10.3. The normalized spacial score (nSPS) is 21.8. The van der Waals surface area contributed by atoms with Gasteiger partial charge in [0.15, 0.2) is 0 Å².